The largest absolute Gasteiger partial charge is 0.508 e. The van der Waals surface area contributed by atoms with Gasteiger partial charge in [0.1, 0.15) is 5.75 Å². The minimum Gasteiger partial charge on any atom is -0.508 e. The lowest BCUT2D eigenvalue weighted by molar-refractivity contribution is 0.154. The molecule has 0 radical (unpaired) electrons. The van der Waals surface area contributed by atoms with Gasteiger partial charge in [-0.2, -0.15) is 0 Å². The average Bonchev–Trinajstić information content (AvgIpc) is 2.19. The van der Waals surface area contributed by atoms with Gasteiger partial charge in [0.2, 0.25) is 0 Å². The fourth-order valence-electron chi connectivity index (χ4n) is 1.85. The zero-order valence-corrected chi connectivity index (χ0v) is 8.06. The molecule has 1 saturated heterocycles. The van der Waals surface area contributed by atoms with E-state index < -0.39 is 0 Å². The van der Waals surface area contributed by atoms with Crippen molar-refractivity contribution >= 4 is 5.69 Å². The van der Waals surface area contributed by atoms with Gasteiger partial charge in [-0.15, -0.1) is 0 Å². The molecule has 3 nitrogen and oxygen atoms in total. The lowest BCUT2D eigenvalue weighted by atomic mass is 10.1. The Morgan fingerprint density at radius 2 is 1.93 bits per heavy atom. The van der Waals surface area contributed by atoms with Gasteiger partial charge in [-0.05, 0) is 37.1 Å². The first-order chi connectivity index (χ1) is 6.75. The summed E-state index contributed by atoms with van der Waals surface area (Å²) in [6.45, 7) is 1.69. The lowest BCUT2D eigenvalue weighted by Crippen LogP contribution is -2.38. The number of β-amino-alcohol motifs (C(OH)–C–C–N with tert-alkyl or cyclic N) is 1. The predicted molar refractivity (Wildman–Crippen MR) is 55.6 cm³/mol. The topological polar surface area (TPSA) is 43.7 Å². The second-order valence-corrected chi connectivity index (χ2v) is 3.76. The summed E-state index contributed by atoms with van der Waals surface area (Å²) in [5, 5.41) is 18.6. The number of phenols is 1. The van der Waals surface area contributed by atoms with Gasteiger partial charge in [-0.1, -0.05) is 0 Å². The van der Waals surface area contributed by atoms with Crippen LogP contribution in [0.5, 0.6) is 5.75 Å². The second kappa shape index (κ2) is 3.88. The Balaban J connectivity index is 2.10. The monoisotopic (exact) mass is 193 g/mol. The van der Waals surface area contributed by atoms with Crippen molar-refractivity contribution in [1.29, 1.82) is 0 Å². The number of phenolic OH excluding ortho intramolecular Hbond substituents is 1. The van der Waals surface area contributed by atoms with Crippen LogP contribution in [0.4, 0.5) is 5.69 Å². The van der Waals surface area contributed by atoms with Gasteiger partial charge in [0.05, 0.1) is 6.10 Å². The number of anilines is 1. The van der Waals surface area contributed by atoms with E-state index in [0.29, 0.717) is 6.54 Å². The van der Waals surface area contributed by atoms with Crippen molar-refractivity contribution in [2.24, 2.45) is 0 Å². The maximum atomic E-state index is 9.50. The van der Waals surface area contributed by atoms with Crippen molar-refractivity contribution in [2.75, 3.05) is 18.0 Å². The van der Waals surface area contributed by atoms with Gasteiger partial charge < -0.3 is 15.1 Å². The molecule has 0 saturated carbocycles. The predicted octanol–water partition coefficient (Wildman–Crippen LogP) is 1.35. The number of benzene rings is 1. The summed E-state index contributed by atoms with van der Waals surface area (Å²) < 4.78 is 0. The molecule has 2 N–H and O–H groups in total. The van der Waals surface area contributed by atoms with Crippen LogP contribution in [0.2, 0.25) is 0 Å². The van der Waals surface area contributed by atoms with E-state index in [4.69, 9.17) is 5.11 Å². The molecule has 1 aliphatic rings. The third-order valence-electron chi connectivity index (χ3n) is 2.61. The molecule has 2 rings (SSSR count). The van der Waals surface area contributed by atoms with Crippen LogP contribution in [-0.4, -0.2) is 29.4 Å². The molecule has 1 aromatic rings. The Labute approximate surface area is 83.6 Å². The highest BCUT2D eigenvalue weighted by Crippen LogP contribution is 2.22. The van der Waals surface area contributed by atoms with E-state index in [0.717, 1.165) is 25.1 Å². The molecule has 0 aliphatic carbocycles. The van der Waals surface area contributed by atoms with Crippen molar-refractivity contribution in [2.45, 2.75) is 18.9 Å². The van der Waals surface area contributed by atoms with E-state index in [1.165, 1.54) is 0 Å². The summed E-state index contributed by atoms with van der Waals surface area (Å²) in [5.74, 6) is 0.284. The van der Waals surface area contributed by atoms with Crippen molar-refractivity contribution in [1.82, 2.24) is 0 Å². The Hall–Kier alpha value is -1.22. The minimum atomic E-state index is -0.211. The zero-order valence-electron chi connectivity index (χ0n) is 8.06. The fraction of sp³-hybridized carbons (Fsp3) is 0.455. The van der Waals surface area contributed by atoms with E-state index in [9.17, 15) is 5.11 Å². The standard InChI is InChI=1S/C11H15NO2/c13-10-5-3-9(4-6-10)12-7-1-2-11(14)8-12/h3-6,11,13-14H,1-2,7-8H2/t11-/m0/s1. The summed E-state index contributed by atoms with van der Waals surface area (Å²) in [5.41, 5.74) is 1.07. The molecule has 0 spiro atoms. The number of aliphatic hydroxyl groups excluding tert-OH is 1. The number of aromatic hydroxyl groups is 1. The van der Waals surface area contributed by atoms with Gasteiger partial charge in [0.15, 0.2) is 0 Å². The second-order valence-electron chi connectivity index (χ2n) is 3.76. The van der Waals surface area contributed by atoms with Gasteiger partial charge in [0.25, 0.3) is 0 Å². The highest BCUT2D eigenvalue weighted by atomic mass is 16.3. The first-order valence-electron chi connectivity index (χ1n) is 4.98. The molecule has 1 aromatic carbocycles. The minimum absolute atomic E-state index is 0.211. The first-order valence-corrected chi connectivity index (χ1v) is 4.98. The summed E-state index contributed by atoms with van der Waals surface area (Å²) in [6.07, 6.45) is 1.72. The summed E-state index contributed by atoms with van der Waals surface area (Å²) in [7, 11) is 0. The van der Waals surface area contributed by atoms with Crippen molar-refractivity contribution in [3.8, 4) is 5.75 Å². The molecule has 76 valence electrons. The van der Waals surface area contributed by atoms with Crippen LogP contribution in [0.1, 0.15) is 12.8 Å². The van der Waals surface area contributed by atoms with Gasteiger partial charge in [-0.3, -0.25) is 0 Å². The third kappa shape index (κ3) is 1.99. The maximum Gasteiger partial charge on any atom is 0.115 e. The molecule has 0 amide bonds. The van der Waals surface area contributed by atoms with Crippen molar-refractivity contribution in [3.63, 3.8) is 0 Å². The number of aliphatic hydroxyl groups is 1. The molecule has 1 aliphatic heterocycles. The number of hydrogen-bond acceptors (Lipinski definition) is 3. The normalized spacial score (nSPS) is 22.4. The highest BCUT2D eigenvalue weighted by Gasteiger charge is 2.17. The number of nitrogens with zero attached hydrogens (tertiary/aromatic N) is 1. The quantitative estimate of drug-likeness (QED) is 0.707. The molecule has 0 bridgehead atoms. The molecular formula is C11H15NO2. The van der Waals surface area contributed by atoms with Crippen LogP contribution in [0.15, 0.2) is 24.3 Å². The van der Waals surface area contributed by atoms with Gasteiger partial charge >= 0.3 is 0 Å². The van der Waals surface area contributed by atoms with Gasteiger partial charge in [0, 0.05) is 18.8 Å². The van der Waals surface area contributed by atoms with Crippen molar-refractivity contribution < 1.29 is 10.2 Å². The Bertz CT molecular complexity index is 297. The Morgan fingerprint density at radius 3 is 2.57 bits per heavy atom. The average molecular weight is 193 g/mol. The van der Waals surface area contributed by atoms with E-state index in [1.807, 2.05) is 12.1 Å². The van der Waals surface area contributed by atoms with Crippen LogP contribution in [0.25, 0.3) is 0 Å². The van der Waals surface area contributed by atoms with E-state index in [2.05, 4.69) is 4.90 Å². The third-order valence-corrected chi connectivity index (χ3v) is 2.61. The Morgan fingerprint density at radius 1 is 1.21 bits per heavy atom. The summed E-state index contributed by atoms with van der Waals surface area (Å²) >= 11 is 0. The molecule has 14 heavy (non-hydrogen) atoms. The Kier molecular flexibility index (Phi) is 2.59. The maximum absolute atomic E-state index is 9.50. The number of piperidine rings is 1. The number of rotatable bonds is 1. The molecule has 1 atom stereocenters. The SMILES string of the molecule is Oc1ccc(N2CCC[C@H](O)C2)cc1. The number of hydrogen-bond donors (Lipinski definition) is 2. The molecular weight excluding hydrogens is 178 g/mol. The van der Waals surface area contributed by atoms with E-state index >= 15 is 0 Å². The molecule has 0 unspecified atom stereocenters. The van der Waals surface area contributed by atoms with Crippen LogP contribution >= 0.6 is 0 Å². The molecule has 0 aromatic heterocycles. The zero-order chi connectivity index (χ0) is 9.97. The summed E-state index contributed by atoms with van der Waals surface area (Å²) in [4.78, 5) is 2.15. The lowest BCUT2D eigenvalue weighted by Gasteiger charge is -2.31. The van der Waals surface area contributed by atoms with Crippen LogP contribution in [-0.2, 0) is 0 Å². The van der Waals surface area contributed by atoms with Crippen LogP contribution < -0.4 is 4.90 Å². The molecule has 1 fully saturated rings. The van der Waals surface area contributed by atoms with Crippen LogP contribution in [0, 0.1) is 0 Å². The molecule has 3 heteroatoms. The first kappa shape index (κ1) is 9.34. The summed E-state index contributed by atoms with van der Waals surface area (Å²) in [6, 6.07) is 7.12. The van der Waals surface area contributed by atoms with E-state index in [-0.39, 0.29) is 11.9 Å². The van der Waals surface area contributed by atoms with Gasteiger partial charge in [-0.25, -0.2) is 0 Å². The highest BCUT2D eigenvalue weighted by molar-refractivity contribution is 5.49. The fourth-order valence-corrected chi connectivity index (χ4v) is 1.85. The molecule has 1 heterocycles. The smallest absolute Gasteiger partial charge is 0.115 e. The van der Waals surface area contributed by atoms with E-state index in [1.54, 1.807) is 12.1 Å². The van der Waals surface area contributed by atoms with Crippen LogP contribution in [0.3, 0.4) is 0 Å². The van der Waals surface area contributed by atoms with Crippen molar-refractivity contribution in [3.05, 3.63) is 24.3 Å².